The van der Waals surface area contributed by atoms with Crippen molar-refractivity contribution < 1.29 is 14.3 Å². The summed E-state index contributed by atoms with van der Waals surface area (Å²) in [7, 11) is 0. The Morgan fingerprint density at radius 2 is 1.80 bits per heavy atom. The van der Waals surface area contributed by atoms with E-state index < -0.39 is 0 Å². The molecule has 7 nitrogen and oxygen atoms in total. The summed E-state index contributed by atoms with van der Waals surface area (Å²) in [4.78, 5) is 33.1. The van der Waals surface area contributed by atoms with Crippen molar-refractivity contribution in [3.8, 4) is 6.07 Å². The maximum atomic E-state index is 13.3. The molecule has 0 aromatic heterocycles. The first-order chi connectivity index (χ1) is 19.4. The second-order valence-electron chi connectivity index (χ2n) is 12.8. The van der Waals surface area contributed by atoms with E-state index in [4.69, 9.17) is 4.74 Å². The van der Waals surface area contributed by atoms with Crippen LogP contribution in [0.3, 0.4) is 0 Å². The van der Waals surface area contributed by atoms with Crippen molar-refractivity contribution in [3.63, 3.8) is 0 Å². The van der Waals surface area contributed by atoms with Crippen molar-refractivity contribution in [2.75, 3.05) is 39.3 Å². The van der Waals surface area contributed by atoms with Gasteiger partial charge in [-0.1, -0.05) is 51.2 Å². The topological polar surface area (TPSA) is 76.9 Å². The molecular weight excluding hydrogens is 500 g/mol. The summed E-state index contributed by atoms with van der Waals surface area (Å²) in [6.45, 7) is 9.23. The lowest BCUT2D eigenvalue weighted by Crippen LogP contribution is -2.61. The van der Waals surface area contributed by atoms with Gasteiger partial charge in [0.25, 0.3) is 5.91 Å². The largest absolute Gasteiger partial charge is 0.442 e. The zero-order valence-corrected chi connectivity index (χ0v) is 24.7. The molecule has 218 valence electrons. The van der Waals surface area contributed by atoms with Crippen molar-refractivity contribution in [2.24, 2.45) is 11.8 Å². The van der Waals surface area contributed by atoms with Crippen LogP contribution in [0, 0.1) is 30.1 Å². The molecule has 1 atom stereocenters. The molecule has 3 heterocycles. The van der Waals surface area contributed by atoms with Crippen LogP contribution < -0.4 is 0 Å². The van der Waals surface area contributed by atoms with E-state index in [2.05, 4.69) is 17.9 Å². The molecule has 0 N–H and O–H groups in total. The van der Waals surface area contributed by atoms with E-state index >= 15 is 0 Å². The Kier molecular flexibility index (Phi) is 9.35. The summed E-state index contributed by atoms with van der Waals surface area (Å²) in [5.74, 6) is 1.04. The first-order valence-electron chi connectivity index (χ1n) is 15.9. The molecule has 3 aliphatic heterocycles. The van der Waals surface area contributed by atoms with E-state index in [0.717, 1.165) is 63.8 Å². The van der Waals surface area contributed by atoms with Crippen molar-refractivity contribution in [1.29, 1.82) is 5.26 Å². The minimum Gasteiger partial charge on any atom is -0.442 e. The molecule has 1 aliphatic carbocycles. The predicted octanol–water partition coefficient (Wildman–Crippen LogP) is 6.14. The molecule has 4 aliphatic rings. The number of amides is 2. The van der Waals surface area contributed by atoms with Crippen LogP contribution in [0.15, 0.2) is 18.2 Å². The van der Waals surface area contributed by atoms with E-state index in [1.165, 1.54) is 44.9 Å². The quantitative estimate of drug-likeness (QED) is 0.409. The molecular formula is C33H48N4O3. The molecule has 1 saturated carbocycles. The lowest BCUT2D eigenvalue weighted by atomic mass is 9.75. The van der Waals surface area contributed by atoms with Crippen molar-refractivity contribution in [1.82, 2.24) is 14.7 Å². The van der Waals surface area contributed by atoms with Crippen LogP contribution in [0.4, 0.5) is 4.79 Å². The van der Waals surface area contributed by atoms with Gasteiger partial charge in [0.2, 0.25) is 0 Å². The molecule has 40 heavy (non-hydrogen) atoms. The predicted molar refractivity (Wildman–Crippen MR) is 156 cm³/mol. The van der Waals surface area contributed by atoms with Crippen LogP contribution in [-0.2, 0) is 4.74 Å². The Morgan fingerprint density at radius 3 is 2.48 bits per heavy atom. The Bertz CT molecular complexity index is 1080. The Hall–Kier alpha value is -2.59. The molecule has 1 unspecified atom stereocenters. The molecule has 1 aromatic carbocycles. The number of carbonyl (C=O) groups is 2. The monoisotopic (exact) mass is 548 g/mol. The number of benzene rings is 1. The lowest BCUT2D eigenvalue weighted by molar-refractivity contribution is -0.127. The number of hydrogen-bond acceptors (Lipinski definition) is 5. The Morgan fingerprint density at radius 1 is 1.07 bits per heavy atom. The number of carbonyl (C=O) groups excluding carboxylic acids is 2. The zero-order valence-electron chi connectivity index (χ0n) is 24.7. The second kappa shape index (κ2) is 12.9. The summed E-state index contributed by atoms with van der Waals surface area (Å²) in [6, 6.07) is 8.12. The summed E-state index contributed by atoms with van der Waals surface area (Å²) in [5, 5.41) is 9.52. The van der Waals surface area contributed by atoms with Crippen LogP contribution in [0.2, 0.25) is 0 Å². The van der Waals surface area contributed by atoms with E-state index in [-0.39, 0.29) is 17.6 Å². The third-order valence-corrected chi connectivity index (χ3v) is 10.4. The molecule has 7 heteroatoms. The van der Waals surface area contributed by atoms with E-state index in [0.29, 0.717) is 42.1 Å². The molecule has 1 aromatic rings. The highest BCUT2D eigenvalue weighted by Crippen LogP contribution is 2.42. The minimum absolute atomic E-state index is 0.0173. The SMILES string of the molecule is CCCCC1CN(CC2CCCCC2)C(=O)OC12CCN(C1CCN(C(=O)c3c(C)cccc3C#N)CC1)CC2. The fourth-order valence-electron chi connectivity index (χ4n) is 7.88. The summed E-state index contributed by atoms with van der Waals surface area (Å²) < 4.78 is 6.43. The Balaban J connectivity index is 1.17. The zero-order chi connectivity index (χ0) is 28.1. The number of rotatable bonds is 7. The first-order valence-corrected chi connectivity index (χ1v) is 15.9. The highest BCUT2D eigenvalue weighted by atomic mass is 16.6. The van der Waals surface area contributed by atoms with Gasteiger partial charge in [0.05, 0.1) is 17.2 Å². The molecule has 1 spiro atoms. The third kappa shape index (κ3) is 6.17. The average molecular weight is 549 g/mol. The smallest absolute Gasteiger partial charge is 0.410 e. The highest BCUT2D eigenvalue weighted by molar-refractivity contribution is 5.98. The number of likely N-dealkylation sites (tertiary alicyclic amines) is 2. The van der Waals surface area contributed by atoms with Crippen LogP contribution >= 0.6 is 0 Å². The molecule has 4 fully saturated rings. The van der Waals surface area contributed by atoms with Crippen molar-refractivity contribution >= 4 is 12.0 Å². The van der Waals surface area contributed by atoms with Gasteiger partial charge in [0.15, 0.2) is 0 Å². The fourth-order valence-corrected chi connectivity index (χ4v) is 7.88. The van der Waals surface area contributed by atoms with Gasteiger partial charge in [-0.2, -0.15) is 5.26 Å². The number of hydrogen-bond donors (Lipinski definition) is 0. The van der Waals surface area contributed by atoms with E-state index in [9.17, 15) is 14.9 Å². The lowest BCUT2D eigenvalue weighted by Gasteiger charge is -2.52. The van der Waals surface area contributed by atoms with Gasteiger partial charge >= 0.3 is 6.09 Å². The molecule has 0 radical (unpaired) electrons. The maximum absolute atomic E-state index is 13.3. The van der Waals surface area contributed by atoms with Gasteiger partial charge in [-0.05, 0) is 56.6 Å². The summed E-state index contributed by atoms with van der Waals surface area (Å²) in [5.41, 5.74) is 1.56. The molecule has 5 rings (SSSR count). The van der Waals surface area contributed by atoms with Crippen LogP contribution in [0.25, 0.3) is 0 Å². The highest BCUT2D eigenvalue weighted by Gasteiger charge is 2.50. The van der Waals surface area contributed by atoms with Gasteiger partial charge in [0.1, 0.15) is 5.60 Å². The number of nitriles is 1. The number of nitrogens with zero attached hydrogens (tertiary/aromatic N) is 4. The third-order valence-electron chi connectivity index (χ3n) is 10.4. The fraction of sp³-hybridized carbons (Fsp3) is 0.727. The average Bonchev–Trinajstić information content (AvgIpc) is 2.98. The van der Waals surface area contributed by atoms with Crippen LogP contribution in [0.1, 0.15) is 105 Å². The first kappa shape index (κ1) is 28.9. The van der Waals surface area contributed by atoms with E-state index in [1.54, 1.807) is 6.07 Å². The standard InChI is InChI=1S/C33H48N4O3/c1-3-4-13-28-24-37(23-26-10-6-5-7-11-26)32(39)40-33(28)16-20-35(21-17-33)29-14-18-36(19-15-29)31(38)30-25(2)9-8-12-27(30)22-34/h8-9,12,26,28-29H,3-7,10-11,13-21,23-24H2,1-2H3. The van der Waals surface area contributed by atoms with Crippen LogP contribution in [0.5, 0.6) is 0 Å². The number of aryl methyl sites for hydroxylation is 1. The Labute approximate surface area is 240 Å². The number of unbranched alkanes of at least 4 members (excludes halogenated alkanes) is 1. The van der Waals surface area contributed by atoms with E-state index in [1.807, 2.05) is 28.9 Å². The van der Waals surface area contributed by atoms with Crippen molar-refractivity contribution in [2.45, 2.75) is 103 Å². The summed E-state index contributed by atoms with van der Waals surface area (Å²) >= 11 is 0. The van der Waals surface area contributed by atoms with Crippen molar-refractivity contribution in [3.05, 3.63) is 34.9 Å². The normalized spacial score (nSPS) is 24.6. The summed E-state index contributed by atoms with van der Waals surface area (Å²) in [6.07, 6.45) is 13.6. The number of piperidine rings is 2. The molecule has 0 bridgehead atoms. The minimum atomic E-state index is -0.318. The van der Waals surface area contributed by atoms with Gasteiger partial charge in [-0.25, -0.2) is 4.79 Å². The van der Waals surface area contributed by atoms with Gasteiger partial charge in [-0.3, -0.25) is 9.69 Å². The molecule has 3 saturated heterocycles. The van der Waals surface area contributed by atoms with Gasteiger partial charge in [0, 0.05) is 64.1 Å². The van der Waals surface area contributed by atoms with Crippen LogP contribution in [-0.4, -0.2) is 77.6 Å². The number of ether oxygens (including phenoxy) is 1. The molecule has 2 amide bonds. The second-order valence-corrected chi connectivity index (χ2v) is 12.8. The van der Waals surface area contributed by atoms with Gasteiger partial charge < -0.3 is 14.5 Å². The van der Waals surface area contributed by atoms with Gasteiger partial charge in [-0.15, -0.1) is 0 Å². The maximum Gasteiger partial charge on any atom is 0.410 e.